The van der Waals surface area contributed by atoms with Gasteiger partial charge in [0.15, 0.2) is 0 Å². The normalized spacial score (nSPS) is 13.2. The van der Waals surface area contributed by atoms with Crippen LogP contribution in [0, 0.1) is 5.41 Å². The summed E-state index contributed by atoms with van der Waals surface area (Å²) < 4.78 is 0. The Hall–Kier alpha value is -2.30. The number of hydrogen-bond acceptors (Lipinski definition) is 3. The van der Waals surface area contributed by atoms with E-state index in [1.807, 2.05) is 0 Å². The van der Waals surface area contributed by atoms with Gasteiger partial charge in [-0.15, -0.1) is 0 Å². The summed E-state index contributed by atoms with van der Waals surface area (Å²) in [4.78, 5) is 22.9. The van der Waals surface area contributed by atoms with Gasteiger partial charge < -0.3 is 15.5 Å². The van der Waals surface area contributed by atoms with E-state index in [1.54, 1.807) is 39.0 Å². The first-order chi connectivity index (χ1) is 9.20. The molecule has 5 nitrogen and oxygen atoms in total. The number of phenolic OH excluding ortho intramolecular Hbond substituents is 1. The number of rotatable bonds is 4. The lowest BCUT2D eigenvalue weighted by Gasteiger charge is -2.27. The Morgan fingerprint density at radius 1 is 1.20 bits per heavy atom. The average molecular weight is 277 g/mol. The predicted molar refractivity (Wildman–Crippen MR) is 76.2 cm³/mol. The fraction of sp³-hybridized carbons (Fsp3) is 0.333. The molecule has 0 fully saturated rings. The molecule has 1 atom stereocenters. The topological polar surface area (TPSA) is 86.6 Å². The van der Waals surface area contributed by atoms with E-state index in [-0.39, 0.29) is 5.75 Å². The Morgan fingerprint density at radius 2 is 1.75 bits per heavy atom. The lowest BCUT2D eigenvalue weighted by molar-refractivity contribution is -0.144. The maximum atomic E-state index is 11.7. The number of phenols is 1. The van der Waals surface area contributed by atoms with Crippen molar-refractivity contribution in [2.45, 2.75) is 26.8 Å². The van der Waals surface area contributed by atoms with Gasteiger partial charge in [-0.2, -0.15) is 0 Å². The van der Waals surface area contributed by atoms with E-state index in [9.17, 15) is 9.59 Å². The molecule has 3 N–H and O–H groups in total. The van der Waals surface area contributed by atoms with Crippen LogP contribution in [0.15, 0.2) is 30.3 Å². The van der Waals surface area contributed by atoms with Crippen molar-refractivity contribution in [2.75, 3.05) is 0 Å². The van der Waals surface area contributed by atoms with Crippen LogP contribution in [-0.4, -0.2) is 28.1 Å². The quantitative estimate of drug-likeness (QED) is 0.735. The fourth-order valence-corrected chi connectivity index (χ4v) is 1.60. The molecule has 0 saturated carbocycles. The zero-order valence-corrected chi connectivity index (χ0v) is 11.8. The highest BCUT2D eigenvalue weighted by Crippen LogP contribution is 2.19. The second kappa shape index (κ2) is 6.23. The first-order valence-corrected chi connectivity index (χ1v) is 6.20. The minimum Gasteiger partial charge on any atom is -0.508 e. The van der Waals surface area contributed by atoms with Crippen LogP contribution in [0.4, 0.5) is 0 Å². The molecule has 0 aliphatic rings. The zero-order chi connectivity index (χ0) is 15.3. The molecular formula is C15H19NO4. The van der Waals surface area contributed by atoms with E-state index in [1.165, 1.54) is 18.2 Å². The van der Waals surface area contributed by atoms with Gasteiger partial charge in [-0.05, 0) is 29.2 Å². The smallest absolute Gasteiger partial charge is 0.326 e. The van der Waals surface area contributed by atoms with E-state index >= 15 is 0 Å². The van der Waals surface area contributed by atoms with Gasteiger partial charge in [0.2, 0.25) is 5.91 Å². The molecule has 0 aliphatic heterocycles. The highest BCUT2D eigenvalue weighted by atomic mass is 16.4. The number of aliphatic carboxylic acids is 1. The van der Waals surface area contributed by atoms with Gasteiger partial charge in [-0.25, -0.2) is 4.79 Å². The molecule has 108 valence electrons. The van der Waals surface area contributed by atoms with E-state index < -0.39 is 23.3 Å². The zero-order valence-electron chi connectivity index (χ0n) is 11.8. The largest absolute Gasteiger partial charge is 0.508 e. The minimum absolute atomic E-state index is 0.144. The summed E-state index contributed by atoms with van der Waals surface area (Å²) in [5, 5.41) is 20.7. The van der Waals surface area contributed by atoms with Crippen molar-refractivity contribution in [2.24, 2.45) is 5.41 Å². The van der Waals surface area contributed by atoms with Gasteiger partial charge in [-0.1, -0.05) is 32.9 Å². The number of aromatic hydroxyl groups is 1. The third-order valence-corrected chi connectivity index (χ3v) is 2.72. The summed E-state index contributed by atoms with van der Waals surface area (Å²) in [5.74, 6) is -1.39. The first kappa shape index (κ1) is 15.8. The Morgan fingerprint density at radius 3 is 2.20 bits per heavy atom. The van der Waals surface area contributed by atoms with Gasteiger partial charge in [0.1, 0.15) is 11.8 Å². The maximum absolute atomic E-state index is 11.7. The van der Waals surface area contributed by atoms with Crippen LogP contribution in [0.3, 0.4) is 0 Å². The first-order valence-electron chi connectivity index (χ1n) is 6.20. The lowest BCUT2D eigenvalue weighted by atomic mass is 9.87. The summed E-state index contributed by atoms with van der Waals surface area (Å²) in [6.45, 7) is 5.24. The van der Waals surface area contributed by atoms with Crippen LogP contribution < -0.4 is 5.32 Å². The SMILES string of the molecule is CC(C)(C)[C@@H](NC(=O)/C=C/c1ccc(O)cc1)C(=O)O. The number of carboxylic acids is 1. The molecule has 1 aromatic carbocycles. The molecule has 0 aromatic heterocycles. The molecule has 5 heteroatoms. The van der Waals surface area contributed by atoms with Crippen LogP contribution >= 0.6 is 0 Å². The molecule has 0 unspecified atom stereocenters. The molecular weight excluding hydrogens is 258 g/mol. The van der Waals surface area contributed by atoms with Crippen LogP contribution in [0.2, 0.25) is 0 Å². The van der Waals surface area contributed by atoms with Crippen molar-refractivity contribution >= 4 is 18.0 Å². The number of nitrogens with one attached hydrogen (secondary N) is 1. The van der Waals surface area contributed by atoms with E-state index in [0.29, 0.717) is 0 Å². The summed E-state index contributed by atoms with van der Waals surface area (Å²) >= 11 is 0. The fourth-order valence-electron chi connectivity index (χ4n) is 1.60. The van der Waals surface area contributed by atoms with Gasteiger partial charge in [0.05, 0.1) is 0 Å². The Kier molecular flexibility index (Phi) is 4.91. The third kappa shape index (κ3) is 4.76. The van der Waals surface area contributed by atoms with Crippen molar-refractivity contribution in [3.05, 3.63) is 35.9 Å². The van der Waals surface area contributed by atoms with Crippen molar-refractivity contribution < 1.29 is 19.8 Å². The van der Waals surface area contributed by atoms with E-state index in [4.69, 9.17) is 10.2 Å². The second-order valence-electron chi connectivity index (χ2n) is 5.57. The molecule has 1 rings (SSSR count). The molecule has 0 spiro atoms. The second-order valence-corrected chi connectivity index (χ2v) is 5.57. The monoisotopic (exact) mass is 277 g/mol. The van der Waals surface area contributed by atoms with Crippen LogP contribution in [0.1, 0.15) is 26.3 Å². The molecule has 1 aromatic rings. The molecule has 1 amide bonds. The van der Waals surface area contributed by atoms with Crippen molar-refractivity contribution in [1.29, 1.82) is 0 Å². The maximum Gasteiger partial charge on any atom is 0.326 e. The minimum atomic E-state index is -1.07. The molecule has 20 heavy (non-hydrogen) atoms. The highest BCUT2D eigenvalue weighted by molar-refractivity contribution is 5.94. The molecule has 0 bridgehead atoms. The van der Waals surface area contributed by atoms with Crippen LogP contribution in [0.25, 0.3) is 6.08 Å². The van der Waals surface area contributed by atoms with Crippen molar-refractivity contribution in [3.8, 4) is 5.75 Å². The average Bonchev–Trinajstić information content (AvgIpc) is 2.33. The number of carbonyl (C=O) groups excluding carboxylic acids is 1. The van der Waals surface area contributed by atoms with E-state index in [0.717, 1.165) is 5.56 Å². The van der Waals surface area contributed by atoms with Crippen LogP contribution in [-0.2, 0) is 9.59 Å². The third-order valence-electron chi connectivity index (χ3n) is 2.72. The highest BCUT2D eigenvalue weighted by Gasteiger charge is 2.31. The summed E-state index contributed by atoms with van der Waals surface area (Å²) in [7, 11) is 0. The van der Waals surface area contributed by atoms with Gasteiger partial charge in [0.25, 0.3) is 0 Å². The molecule has 0 saturated heterocycles. The number of benzene rings is 1. The van der Waals surface area contributed by atoms with Crippen molar-refractivity contribution in [3.63, 3.8) is 0 Å². The number of amides is 1. The standard InChI is InChI=1S/C15H19NO4/c1-15(2,3)13(14(19)20)16-12(18)9-6-10-4-7-11(17)8-5-10/h4-9,13,17H,1-3H3,(H,16,18)(H,19,20)/b9-6+/t13-/m0/s1. The number of hydrogen-bond donors (Lipinski definition) is 3. The summed E-state index contributed by atoms with van der Waals surface area (Å²) in [6, 6.07) is 5.36. The van der Waals surface area contributed by atoms with Gasteiger partial charge in [-0.3, -0.25) is 4.79 Å². The Bertz CT molecular complexity index is 512. The van der Waals surface area contributed by atoms with Gasteiger partial charge in [0, 0.05) is 6.08 Å². The number of carboxylic acid groups (broad SMARTS) is 1. The molecule has 0 heterocycles. The summed E-state index contributed by atoms with van der Waals surface area (Å²) in [6.07, 6.45) is 2.82. The Balaban J connectivity index is 2.71. The van der Waals surface area contributed by atoms with Gasteiger partial charge >= 0.3 is 5.97 Å². The Labute approximate surface area is 117 Å². The van der Waals surface area contributed by atoms with E-state index in [2.05, 4.69) is 5.32 Å². The number of carbonyl (C=O) groups is 2. The van der Waals surface area contributed by atoms with Crippen molar-refractivity contribution in [1.82, 2.24) is 5.32 Å². The molecule has 0 radical (unpaired) electrons. The predicted octanol–water partition coefficient (Wildman–Crippen LogP) is 2.02. The van der Waals surface area contributed by atoms with Crippen LogP contribution in [0.5, 0.6) is 5.75 Å². The lowest BCUT2D eigenvalue weighted by Crippen LogP contribution is -2.48. The summed E-state index contributed by atoms with van der Waals surface area (Å²) in [5.41, 5.74) is 0.161. The molecule has 0 aliphatic carbocycles.